The molecule has 0 aliphatic heterocycles. The van der Waals surface area contributed by atoms with E-state index in [1.807, 2.05) is 30.3 Å². The third-order valence-corrected chi connectivity index (χ3v) is 5.06. The van der Waals surface area contributed by atoms with Gasteiger partial charge in [-0.15, -0.1) is 5.10 Å². The second kappa shape index (κ2) is 6.34. The fourth-order valence-corrected chi connectivity index (χ4v) is 3.63. The lowest BCUT2D eigenvalue weighted by molar-refractivity contribution is 0.751. The molecule has 0 aliphatic rings. The van der Waals surface area contributed by atoms with Crippen molar-refractivity contribution >= 4 is 22.7 Å². The number of hydrogen-bond acceptors (Lipinski definition) is 5. The quantitative estimate of drug-likeness (QED) is 0.534. The van der Waals surface area contributed by atoms with E-state index in [0.717, 1.165) is 11.3 Å². The molecule has 0 amide bonds. The Bertz CT molecular complexity index is 1200. The van der Waals surface area contributed by atoms with E-state index in [2.05, 4.69) is 20.3 Å². The standard InChI is InChI=1S/C17H16N6O2S/c1-10-14-12(21-22(2)15(14)25)8-13(24)23(10)16-18-17(20-19-16)26-9-11-6-4-3-5-7-11/h3-8,21H,9H2,1-2H3,(H,18,19,20). The molecular formula is C17H16N6O2S. The minimum Gasteiger partial charge on any atom is -0.295 e. The average Bonchev–Trinajstić information content (AvgIpc) is 3.19. The number of aromatic nitrogens is 6. The molecule has 0 radical (unpaired) electrons. The van der Waals surface area contributed by atoms with Crippen LogP contribution in [-0.2, 0) is 12.8 Å². The molecule has 9 heteroatoms. The smallest absolute Gasteiger partial charge is 0.275 e. The van der Waals surface area contributed by atoms with E-state index in [1.54, 1.807) is 14.0 Å². The van der Waals surface area contributed by atoms with Crippen LogP contribution in [0.3, 0.4) is 0 Å². The Kier molecular flexibility index (Phi) is 4.00. The molecule has 0 unspecified atom stereocenters. The third-order valence-electron chi connectivity index (χ3n) is 4.14. The molecule has 0 spiro atoms. The van der Waals surface area contributed by atoms with Gasteiger partial charge in [0.2, 0.25) is 11.1 Å². The number of pyridine rings is 1. The molecule has 0 saturated heterocycles. The molecule has 0 aliphatic carbocycles. The molecule has 0 fully saturated rings. The van der Waals surface area contributed by atoms with Gasteiger partial charge in [0.25, 0.3) is 11.1 Å². The zero-order valence-electron chi connectivity index (χ0n) is 14.2. The first-order valence-electron chi connectivity index (χ1n) is 7.95. The lowest BCUT2D eigenvalue weighted by Gasteiger charge is -2.05. The lowest BCUT2D eigenvalue weighted by atomic mass is 10.2. The lowest BCUT2D eigenvalue weighted by Crippen LogP contribution is -2.22. The first-order chi connectivity index (χ1) is 12.5. The summed E-state index contributed by atoms with van der Waals surface area (Å²) in [6.45, 7) is 1.72. The number of fused-ring (bicyclic) bond motifs is 1. The van der Waals surface area contributed by atoms with Crippen molar-refractivity contribution in [3.63, 3.8) is 0 Å². The normalized spacial score (nSPS) is 11.3. The van der Waals surface area contributed by atoms with Crippen molar-refractivity contribution in [2.45, 2.75) is 17.8 Å². The average molecular weight is 368 g/mol. The molecule has 8 nitrogen and oxygen atoms in total. The second-order valence-electron chi connectivity index (χ2n) is 5.88. The van der Waals surface area contributed by atoms with E-state index in [4.69, 9.17) is 0 Å². The van der Waals surface area contributed by atoms with Gasteiger partial charge in [-0.1, -0.05) is 42.1 Å². The predicted molar refractivity (Wildman–Crippen MR) is 99.8 cm³/mol. The molecule has 0 bridgehead atoms. The van der Waals surface area contributed by atoms with Gasteiger partial charge >= 0.3 is 0 Å². The molecule has 0 saturated carbocycles. The Morgan fingerprint density at radius 1 is 1.19 bits per heavy atom. The van der Waals surface area contributed by atoms with Crippen LogP contribution in [0.2, 0.25) is 0 Å². The fourth-order valence-electron chi connectivity index (χ4n) is 2.88. The third kappa shape index (κ3) is 2.76. The Hall–Kier alpha value is -3.07. The van der Waals surface area contributed by atoms with E-state index in [-0.39, 0.29) is 11.1 Å². The maximum atomic E-state index is 12.5. The minimum atomic E-state index is -0.285. The van der Waals surface area contributed by atoms with Gasteiger partial charge in [0.15, 0.2) is 0 Å². The zero-order valence-corrected chi connectivity index (χ0v) is 15.0. The van der Waals surface area contributed by atoms with Crippen LogP contribution in [0.4, 0.5) is 0 Å². The molecule has 2 N–H and O–H groups in total. The summed E-state index contributed by atoms with van der Waals surface area (Å²) in [4.78, 5) is 29.2. The minimum absolute atomic E-state index is 0.190. The van der Waals surface area contributed by atoms with Crippen molar-refractivity contribution in [1.29, 1.82) is 0 Å². The summed E-state index contributed by atoms with van der Waals surface area (Å²) in [6, 6.07) is 11.4. The largest absolute Gasteiger partial charge is 0.295 e. The van der Waals surface area contributed by atoms with Crippen molar-refractivity contribution < 1.29 is 0 Å². The first-order valence-corrected chi connectivity index (χ1v) is 8.94. The first kappa shape index (κ1) is 16.4. The SMILES string of the molecule is Cc1c2c(=O)n(C)[nH]c2cc(=O)n1-c1nc(SCc2ccccc2)n[nH]1. The van der Waals surface area contributed by atoms with E-state index in [0.29, 0.717) is 27.7 Å². The summed E-state index contributed by atoms with van der Waals surface area (Å²) < 4.78 is 2.72. The van der Waals surface area contributed by atoms with Crippen molar-refractivity contribution in [3.05, 3.63) is 68.4 Å². The molecule has 0 atom stereocenters. The molecular weight excluding hydrogens is 352 g/mol. The van der Waals surface area contributed by atoms with E-state index in [9.17, 15) is 9.59 Å². The van der Waals surface area contributed by atoms with E-state index < -0.39 is 0 Å². The van der Waals surface area contributed by atoms with Crippen LogP contribution in [0, 0.1) is 6.92 Å². The summed E-state index contributed by atoms with van der Waals surface area (Å²) in [5, 5.41) is 10.8. The zero-order chi connectivity index (χ0) is 18.3. The number of aryl methyl sites for hydroxylation is 2. The van der Waals surface area contributed by atoms with Crippen molar-refractivity contribution in [3.8, 4) is 5.95 Å². The van der Waals surface area contributed by atoms with E-state index in [1.165, 1.54) is 27.1 Å². The number of benzene rings is 1. The van der Waals surface area contributed by atoms with Gasteiger partial charge in [0.1, 0.15) is 0 Å². The molecule has 3 aromatic heterocycles. The van der Waals surface area contributed by atoms with Gasteiger partial charge in [-0.2, -0.15) is 4.98 Å². The van der Waals surface area contributed by atoms with Gasteiger partial charge in [-0.25, -0.2) is 9.67 Å². The molecule has 26 heavy (non-hydrogen) atoms. The van der Waals surface area contributed by atoms with Crippen molar-refractivity contribution in [1.82, 2.24) is 29.5 Å². The molecule has 132 valence electrons. The van der Waals surface area contributed by atoms with Crippen LogP contribution in [0.25, 0.3) is 16.9 Å². The highest BCUT2D eigenvalue weighted by molar-refractivity contribution is 7.98. The number of hydrogen-bond donors (Lipinski definition) is 2. The molecule has 4 rings (SSSR count). The number of thioether (sulfide) groups is 1. The van der Waals surface area contributed by atoms with Crippen LogP contribution in [0.1, 0.15) is 11.3 Å². The Morgan fingerprint density at radius 3 is 2.73 bits per heavy atom. The van der Waals surface area contributed by atoms with Crippen LogP contribution in [-0.4, -0.2) is 29.5 Å². The summed E-state index contributed by atoms with van der Waals surface area (Å²) in [6.07, 6.45) is 0. The van der Waals surface area contributed by atoms with Crippen LogP contribution in [0.15, 0.2) is 51.1 Å². The van der Waals surface area contributed by atoms with Crippen molar-refractivity contribution in [2.24, 2.45) is 7.05 Å². The predicted octanol–water partition coefficient (Wildman–Crippen LogP) is 1.74. The Morgan fingerprint density at radius 2 is 1.96 bits per heavy atom. The number of aromatic amines is 2. The van der Waals surface area contributed by atoms with Gasteiger partial charge in [0, 0.05) is 24.6 Å². The highest BCUT2D eigenvalue weighted by Crippen LogP contribution is 2.20. The highest BCUT2D eigenvalue weighted by Gasteiger charge is 2.16. The summed E-state index contributed by atoms with van der Waals surface area (Å²) in [5.41, 5.74) is 1.71. The van der Waals surface area contributed by atoms with Gasteiger partial charge in [-0.05, 0) is 12.5 Å². The topological polar surface area (TPSA) is 101 Å². The van der Waals surface area contributed by atoms with Crippen LogP contribution < -0.4 is 11.1 Å². The Balaban J connectivity index is 1.70. The summed E-state index contributed by atoms with van der Waals surface area (Å²) in [5.74, 6) is 1.02. The Labute approximate surface area is 151 Å². The maximum Gasteiger partial charge on any atom is 0.275 e. The van der Waals surface area contributed by atoms with Crippen LogP contribution in [0.5, 0.6) is 0 Å². The fraction of sp³-hybridized carbons (Fsp3) is 0.176. The van der Waals surface area contributed by atoms with Crippen molar-refractivity contribution in [2.75, 3.05) is 0 Å². The number of nitrogens with one attached hydrogen (secondary N) is 2. The van der Waals surface area contributed by atoms with Gasteiger partial charge < -0.3 is 0 Å². The molecule has 1 aromatic carbocycles. The second-order valence-corrected chi connectivity index (χ2v) is 6.83. The summed E-state index contributed by atoms with van der Waals surface area (Å²) in [7, 11) is 1.61. The molecule has 3 heterocycles. The number of rotatable bonds is 4. The monoisotopic (exact) mass is 368 g/mol. The van der Waals surface area contributed by atoms with Gasteiger partial charge in [0.05, 0.1) is 10.9 Å². The molecule has 4 aromatic rings. The van der Waals surface area contributed by atoms with Crippen LogP contribution >= 0.6 is 11.8 Å². The maximum absolute atomic E-state index is 12.5. The van der Waals surface area contributed by atoms with Gasteiger partial charge in [-0.3, -0.25) is 19.4 Å². The highest BCUT2D eigenvalue weighted by atomic mass is 32.2. The number of H-pyrrole nitrogens is 2. The number of nitrogens with zero attached hydrogens (tertiary/aromatic N) is 4. The van der Waals surface area contributed by atoms with E-state index >= 15 is 0 Å². The summed E-state index contributed by atoms with van der Waals surface area (Å²) >= 11 is 1.47.